The summed E-state index contributed by atoms with van der Waals surface area (Å²) in [5, 5.41) is 0. The monoisotopic (exact) mass is 267 g/mol. The van der Waals surface area contributed by atoms with Crippen LogP contribution in [0, 0.1) is 5.41 Å². The minimum Gasteiger partial charge on any atom is -0.372 e. The molecule has 0 bridgehead atoms. The van der Waals surface area contributed by atoms with Gasteiger partial charge in [-0.2, -0.15) is 0 Å². The van der Waals surface area contributed by atoms with E-state index in [0.717, 1.165) is 26.1 Å². The predicted octanol–water partition coefficient (Wildman–Crippen LogP) is 1.65. The topological polar surface area (TPSA) is 38.8 Å². The molecule has 2 heterocycles. The van der Waals surface area contributed by atoms with Crippen LogP contribution in [0.3, 0.4) is 0 Å². The quantitative estimate of drug-likeness (QED) is 0.710. The maximum absolute atomic E-state index is 12.0. The Morgan fingerprint density at radius 3 is 2.37 bits per heavy atom. The molecule has 2 rings (SSSR count). The zero-order chi connectivity index (χ0) is 13.9. The summed E-state index contributed by atoms with van der Waals surface area (Å²) in [4.78, 5) is 14.2. The van der Waals surface area contributed by atoms with Gasteiger partial charge in [-0.1, -0.05) is 26.8 Å². The lowest BCUT2D eigenvalue weighted by atomic mass is 9.85. The van der Waals surface area contributed by atoms with Crippen LogP contribution in [0.5, 0.6) is 0 Å². The fraction of sp³-hybridized carbons (Fsp3) is 0.800. The molecule has 0 amide bonds. The molecule has 2 atom stereocenters. The van der Waals surface area contributed by atoms with E-state index in [1.807, 2.05) is 26.8 Å². The Labute approximate surface area is 115 Å². The lowest BCUT2D eigenvalue weighted by Gasteiger charge is -2.24. The number of likely N-dealkylation sites (tertiary alicyclic amines) is 1. The molecule has 2 aliphatic rings. The molecule has 0 radical (unpaired) electrons. The van der Waals surface area contributed by atoms with Crippen LogP contribution in [0.2, 0.25) is 0 Å². The highest BCUT2D eigenvalue weighted by atomic mass is 16.6. The number of ketones is 1. The van der Waals surface area contributed by atoms with Crippen molar-refractivity contribution in [3.63, 3.8) is 0 Å². The summed E-state index contributed by atoms with van der Waals surface area (Å²) in [6.45, 7) is 10.0. The van der Waals surface area contributed by atoms with Gasteiger partial charge in [-0.15, -0.1) is 0 Å². The number of carbonyl (C=O) groups is 1. The number of carbonyl (C=O) groups excluding carboxylic acids is 1. The highest BCUT2D eigenvalue weighted by Gasteiger charge is 2.35. The van der Waals surface area contributed by atoms with E-state index < -0.39 is 0 Å². The standard InChI is InChI=1S/C15H25NO3/c1-4-15(2,3)14(17)6-5-7-16-10-12-13(11-16)19-9-8-18-12/h5-6,12-13H,4,7-11H2,1-3H3/b6-5+/t12-,13+. The number of ether oxygens (including phenoxy) is 2. The molecule has 4 nitrogen and oxygen atoms in total. The van der Waals surface area contributed by atoms with Gasteiger partial charge in [-0.25, -0.2) is 0 Å². The van der Waals surface area contributed by atoms with Crippen molar-refractivity contribution in [2.24, 2.45) is 5.41 Å². The summed E-state index contributed by atoms with van der Waals surface area (Å²) in [5.41, 5.74) is -0.248. The maximum Gasteiger partial charge on any atom is 0.160 e. The van der Waals surface area contributed by atoms with Gasteiger partial charge in [0.15, 0.2) is 5.78 Å². The van der Waals surface area contributed by atoms with Gasteiger partial charge in [-0.05, 0) is 12.5 Å². The first kappa shape index (κ1) is 14.7. The van der Waals surface area contributed by atoms with E-state index in [2.05, 4.69) is 4.90 Å². The first-order valence-electron chi connectivity index (χ1n) is 7.19. The third-order valence-electron chi connectivity index (χ3n) is 4.22. The Bertz CT molecular complexity index is 337. The van der Waals surface area contributed by atoms with E-state index in [1.54, 1.807) is 6.08 Å². The van der Waals surface area contributed by atoms with Crippen molar-refractivity contribution < 1.29 is 14.3 Å². The number of hydrogen-bond acceptors (Lipinski definition) is 4. The van der Waals surface area contributed by atoms with Crippen LogP contribution in [-0.4, -0.2) is 55.7 Å². The Morgan fingerprint density at radius 1 is 1.26 bits per heavy atom. The Morgan fingerprint density at radius 2 is 1.84 bits per heavy atom. The molecule has 108 valence electrons. The second kappa shape index (κ2) is 6.16. The van der Waals surface area contributed by atoms with Crippen LogP contribution in [0.4, 0.5) is 0 Å². The highest BCUT2D eigenvalue weighted by Crippen LogP contribution is 2.22. The number of allylic oxidation sites excluding steroid dienone is 1. The van der Waals surface area contributed by atoms with Crippen molar-refractivity contribution in [3.8, 4) is 0 Å². The molecule has 0 N–H and O–H groups in total. The minimum atomic E-state index is -0.248. The zero-order valence-electron chi connectivity index (χ0n) is 12.2. The van der Waals surface area contributed by atoms with Gasteiger partial charge in [0.25, 0.3) is 0 Å². The number of rotatable bonds is 5. The van der Waals surface area contributed by atoms with Crippen molar-refractivity contribution in [2.45, 2.75) is 39.4 Å². The molecule has 0 aromatic heterocycles. The molecule has 0 aromatic rings. The summed E-state index contributed by atoms with van der Waals surface area (Å²) in [6, 6.07) is 0. The normalized spacial score (nSPS) is 28.8. The summed E-state index contributed by atoms with van der Waals surface area (Å²) >= 11 is 0. The molecule has 0 aliphatic carbocycles. The average Bonchev–Trinajstić information content (AvgIpc) is 2.81. The zero-order valence-corrected chi connectivity index (χ0v) is 12.2. The Balaban J connectivity index is 1.78. The first-order chi connectivity index (χ1) is 9.03. The van der Waals surface area contributed by atoms with Crippen molar-refractivity contribution in [1.29, 1.82) is 0 Å². The summed E-state index contributed by atoms with van der Waals surface area (Å²) in [6.07, 6.45) is 4.99. The Hall–Kier alpha value is -0.710. The molecule has 0 unspecified atom stereocenters. The second-order valence-electron chi connectivity index (χ2n) is 6.04. The number of nitrogens with zero attached hydrogens (tertiary/aromatic N) is 1. The second-order valence-corrected chi connectivity index (χ2v) is 6.04. The summed E-state index contributed by atoms with van der Waals surface area (Å²) in [7, 11) is 0. The molecule has 4 heteroatoms. The third kappa shape index (κ3) is 3.65. The van der Waals surface area contributed by atoms with Crippen LogP contribution in [0.1, 0.15) is 27.2 Å². The molecule has 2 aliphatic heterocycles. The number of hydrogen-bond donors (Lipinski definition) is 0. The van der Waals surface area contributed by atoms with Crippen molar-refractivity contribution in [1.82, 2.24) is 4.90 Å². The van der Waals surface area contributed by atoms with Gasteiger partial charge >= 0.3 is 0 Å². The van der Waals surface area contributed by atoms with Gasteiger partial charge in [-0.3, -0.25) is 9.69 Å². The SMILES string of the molecule is CCC(C)(C)C(=O)/C=C/CN1C[C@@H]2OCCO[C@@H]2C1. The van der Waals surface area contributed by atoms with E-state index in [4.69, 9.17) is 9.47 Å². The molecule has 0 aromatic carbocycles. The van der Waals surface area contributed by atoms with Gasteiger partial charge in [0.1, 0.15) is 0 Å². The lowest BCUT2D eigenvalue weighted by molar-refractivity contribution is -0.122. The van der Waals surface area contributed by atoms with E-state index in [1.165, 1.54) is 0 Å². The van der Waals surface area contributed by atoms with Gasteiger partial charge in [0.2, 0.25) is 0 Å². The molecular formula is C15H25NO3. The van der Waals surface area contributed by atoms with E-state index in [9.17, 15) is 4.79 Å². The van der Waals surface area contributed by atoms with Crippen LogP contribution >= 0.6 is 0 Å². The predicted molar refractivity (Wildman–Crippen MR) is 74.1 cm³/mol. The van der Waals surface area contributed by atoms with Gasteiger partial charge in [0.05, 0.1) is 25.4 Å². The molecule has 2 saturated heterocycles. The summed E-state index contributed by atoms with van der Waals surface area (Å²) in [5.74, 6) is 0.208. The molecule has 19 heavy (non-hydrogen) atoms. The van der Waals surface area contributed by atoms with Gasteiger partial charge in [0, 0.05) is 25.0 Å². The van der Waals surface area contributed by atoms with Crippen molar-refractivity contribution in [2.75, 3.05) is 32.8 Å². The van der Waals surface area contributed by atoms with Crippen molar-refractivity contribution >= 4 is 5.78 Å². The third-order valence-corrected chi connectivity index (χ3v) is 4.22. The van der Waals surface area contributed by atoms with E-state index in [-0.39, 0.29) is 23.4 Å². The lowest BCUT2D eigenvalue weighted by Crippen LogP contribution is -2.36. The van der Waals surface area contributed by atoms with Crippen LogP contribution in [-0.2, 0) is 14.3 Å². The van der Waals surface area contributed by atoms with Crippen LogP contribution in [0.25, 0.3) is 0 Å². The average molecular weight is 267 g/mol. The largest absolute Gasteiger partial charge is 0.372 e. The Kier molecular flexibility index (Phi) is 4.76. The van der Waals surface area contributed by atoms with E-state index in [0.29, 0.717) is 13.2 Å². The van der Waals surface area contributed by atoms with Crippen LogP contribution < -0.4 is 0 Å². The van der Waals surface area contributed by atoms with Crippen LogP contribution in [0.15, 0.2) is 12.2 Å². The molecular weight excluding hydrogens is 242 g/mol. The smallest absolute Gasteiger partial charge is 0.160 e. The fourth-order valence-electron chi connectivity index (χ4n) is 2.40. The first-order valence-corrected chi connectivity index (χ1v) is 7.19. The highest BCUT2D eigenvalue weighted by molar-refractivity contribution is 5.94. The molecule has 0 spiro atoms. The van der Waals surface area contributed by atoms with Crippen molar-refractivity contribution in [3.05, 3.63) is 12.2 Å². The molecule has 2 fully saturated rings. The molecule has 0 saturated carbocycles. The maximum atomic E-state index is 12.0. The van der Waals surface area contributed by atoms with Gasteiger partial charge < -0.3 is 9.47 Å². The van der Waals surface area contributed by atoms with E-state index >= 15 is 0 Å². The fourth-order valence-corrected chi connectivity index (χ4v) is 2.40. The number of fused-ring (bicyclic) bond motifs is 1. The minimum absolute atomic E-state index is 0.208. The summed E-state index contributed by atoms with van der Waals surface area (Å²) < 4.78 is 11.3.